The minimum Gasteiger partial charge on any atom is -0.496 e. The van der Waals surface area contributed by atoms with E-state index in [0.717, 1.165) is 17.7 Å². The number of nitrogens with one attached hydrogen (secondary N) is 2. The smallest absolute Gasteiger partial charge is 0.257 e. The van der Waals surface area contributed by atoms with Crippen LogP contribution in [-0.2, 0) is 4.79 Å². The number of aldehydes is 1. The Balaban J connectivity index is 1.72. The number of carbonyl (C=O) groups is 3. The molecule has 0 saturated carbocycles. The molecule has 2 N–H and O–H groups in total. The van der Waals surface area contributed by atoms with Crippen LogP contribution in [0.4, 0.5) is 5.13 Å². The van der Waals surface area contributed by atoms with Gasteiger partial charge in [-0.05, 0) is 48.9 Å². The lowest BCUT2D eigenvalue weighted by molar-refractivity contribution is -0.107. The number of methoxy groups -OCH3 is 1. The summed E-state index contributed by atoms with van der Waals surface area (Å²) in [5.74, 6) is 0.643. The van der Waals surface area contributed by atoms with Gasteiger partial charge in [-0.25, -0.2) is 4.98 Å². The second-order valence-electron chi connectivity index (χ2n) is 6.66. The molecule has 0 spiro atoms. The molecule has 0 aliphatic heterocycles. The van der Waals surface area contributed by atoms with E-state index in [1.165, 1.54) is 35.6 Å². The first-order valence-corrected chi connectivity index (χ1v) is 10.8. The highest BCUT2D eigenvalue weighted by Gasteiger charge is 2.14. The normalized spacial score (nSPS) is 10.3. The highest BCUT2D eigenvalue weighted by atomic mass is 32.1. The second-order valence-corrected chi connectivity index (χ2v) is 7.51. The molecule has 32 heavy (non-hydrogen) atoms. The standard InChI is InChI=1S/C23H23N3O5S/c1-3-12-31-17-8-9-20(30-2)18(13-17)19-14-32-23(25-19)26-22(29)16-6-4-15(5-7-16)21(28)24-10-11-27/h4-9,11,13-14H,3,10,12H2,1-2H3,(H,24,28)(H,25,26,29). The molecule has 0 aliphatic rings. The van der Waals surface area contributed by atoms with Gasteiger partial charge in [0.25, 0.3) is 11.8 Å². The van der Waals surface area contributed by atoms with Crippen LogP contribution in [0.2, 0.25) is 0 Å². The fraction of sp³-hybridized carbons (Fsp3) is 0.217. The third-order valence-electron chi connectivity index (χ3n) is 4.40. The van der Waals surface area contributed by atoms with Crippen LogP contribution in [-0.4, -0.2) is 43.3 Å². The van der Waals surface area contributed by atoms with Crippen LogP contribution in [0.15, 0.2) is 47.8 Å². The van der Waals surface area contributed by atoms with E-state index >= 15 is 0 Å². The van der Waals surface area contributed by atoms with Gasteiger partial charge in [-0.2, -0.15) is 0 Å². The molecule has 0 unspecified atom stereocenters. The summed E-state index contributed by atoms with van der Waals surface area (Å²) in [4.78, 5) is 39.3. The number of carbonyl (C=O) groups excluding carboxylic acids is 3. The first-order valence-electron chi connectivity index (χ1n) is 9.95. The zero-order valence-electron chi connectivity index (χ0n) is 17.7. The first-order chi connectivity index (χ1) is 15.5. The Morgan fingerprint density at radius 1 is 1.09 bits per heavy atom. The molecule has 1 aromatic heterocycles. The minimum atomic E-state index is -0.382. The van der Waals surface area contributed by atoms with Crippen LogP contribution in [0.1, 0.15) is 34.1 Å². The number of rotatable bonds is 10. The Kier molecular flexibility index (Phi) is 7.93. The maximum Gasteiger partial charge on any atom is 0.257 e. The Morgan fingerprint density at radius 3 is 2.47 bits per heavy atom. The van der Waals surface area contributed by atoms with E-state index in [-0.39, 0.29) is 18.4 Å². The molecule has 2 aromatic carbocycles. The van der Waals surface area contributed by atoms with Crippen LogP contribution in [0.3, 0.4) is 0 Å². The van der Waals surface area contributed by atoms with Crippen LogP contribution in [0, 0.1) is 0 Å². The number of hydrogen-bond acceptors (Lipinski definition) is 7. The highest BCUT2D eigenvalue weighted by Crippen LogP contribution is 2.35. The zero-order valence-corrected chi connectivity index (χ0v) is 18.5. The summed E-state index contributed by atoms with van der Waals surface area (Å²) >= 11 is 1.29. The summed E-state index contributed by atoms with van der Waals surface area (Å²) in [7, 11) is 1.59. The van der Waals surface area contributed by atoms with Crippen molar-refractivity contribution in [1.82, 2.24) is 10.3 Å². The maximum absolute atomic E-state index is 12.6. The van der Waals surface area contributed by atoms with Crippen molar-refractivity contribution in [3.8, 4) is 22.8 Å². The summed E-state index contributed by atoms with van der Waals surface area (Å²) in [5, 5.41) is 7.47. The summed E-state index contributed by atoms with van der Waals surface area (Å²) in [6.07, 6.45) is 1.50. The third-order valence-corrected chi connectivity index (χ3v) is 5.16. The second kappa shape index (κ2) is 11.1. The molecule has 2 amide bonds. The predicted octanol–water partition coefficient (Wildman–Crippen LogP) is 3.79. The van der Waals surface area contributed by atoms with Crippen LogP contribution in [0.25, 0.3) is 11.3 Å². The van der Waals surface area contributed by atoms with E-state index in [4.69, 9.17) is 9.47 Å². The fourth-order valence-electron chi connectivity index (χ4n) is 2.83. The molecule has 8 nitrogen and oxygen atoms in total. The number of hydrogen-bond donors (Lipinski definition) is 2. The van der Waals surface area contributed by atoms with E-state index in [2.05, 4.69) is 15.6 Å². The third kappa shape index (κ3) is 5.70. The Labute approximate surface area is 189 Å². The van der Waals surface area contributed by atoms with Gasteiger partial charge < -0.3 is 19.6 Å². The SMILES string of the molecule is CCCOc1ccc(OC)c(-c2csc(NC(=O)c3ccc(C(=O)NCC=O)cc3)n2)c1. The molecular formula is C23H23N3O5S. The van der Waals surface area contributed by atoms with Gasteiger partial charge in [0.1, 0.15) is 17.8 Å². The monoisotopic (exact) mass is 453 g/mol. The molecule has 9 heteroatoms. The molecule has 0 aliphatic carbocycles. The summed E-state index contributed by atoms with van der Waals surface area (Å²) < 4.78 is 11.1. The van der Waals surface area contributed by atoms with Gasteiger partial charge in [-0.15, -0.1) is 11.3 Å². The van der Waals surface area contributed by atoms with Crippen LogP contribution < -0.4 is 20.1 Å². The van der Waals surface area contributed by atoms with Crippen molar-refractivity contribution in [3.05, 3.63) is 59.0 Å². The summed E-state index contributed by atoms with van der Waals surface area (Å²) in [5.41, 5.74) is 2.16. The molecule has 0 atom stereocenters. The predicted molar refractivity (Wildman–Crippen MR) is 123 cm³/mol. The first kappa shape index (κ1) is 23.0. The lowest BCUT2D eigenvalue weighted by Crippen LogP contribution is -2.25. The van der Waals surface area contributed by atoms with E-state index in [0.29, 0.717) is 40.6 Å². The Morgan fingerprint density at radius 2 is 1.81 bits per heavy atom. The molecule has 1 heterocycles. The van der Waals surface area contributed by atoms with Gasteiger partial charge in [-0.1, -0.05) is 6.92 Å². The van der Waals surface area contributed by atoms with Crippen molar-refractivity contribution in [3.63, 3.8) is 0 Å². The van der Waals surface area contributed by atoms with Crippen LogP contribution in [0.5, 0.6) is 11.5 Å². The molecular weight excluding hydrogens is 430 g/mol. The molecule has 3 aromatic rings. The maximum atomic E-state index is 12.6. The van der Waals surface area contributed by atoms with Crippen molar-refractivity contribution < 1.29 is 23.9 Å². The number of ether oxygens (including phenoxy) is 2. The number of nitrogens with zero attached hydrogens (tertiary/aromatic N) is 1. The topological polar surface area (TPSA) is 107 Å². The van der Waals surface area contributed by atoms with Crippen molar-refractivity contribution in [1.29, 1.82) is 0 Å². The van der Waals surface area contributed by atoms with Gasteiger partial charge in [0.2, 0.25) is 0 Å². The summed E-state index contributed by atoms with van der Waals surface area (Å²) in [6, 6.07) is 11.7. The van der Waals surface area contributed by atoms with E-state index in [1.807, 2.05) is 30.5 Å². The number of thiazole rings is 1. The molecule has 3 rings (SSSR count). The lowest BCUT2D eigenvalue weighted by atomic mass is 10.1. The van der Waals surface area contributed by atoms with Crippen molar-refractivity contribution in [2.45, 2.75) is 13.3 Å². The highest BCUT2D eigenvalue weighted by molar-refractivity contribution is 7.14. The molecule has 0 bridgehead atoms. The number of anilines is 1. The zero-order chi connectivity index (χ0) is 22.9. The lowest BCUT2D eigenvalue weighted by Gasteiger charge is -2.10. The molecule has 0 fully saturated rings. The van der Waals surface area contributed by atoms with Gasteiger partial charge in [0.15, 0.2) is 5.13 Å². The largest absolute Gasteiger partial charge is 0.496 e. The summed E-state index contributed by atoms with van der Waals surface area (Å²) in [6.45, 7) is 2.59. The van der Waals surface area contributed by atoms with E-state index < -0.39 is 0 Å². The van der Waals surface area contributed by atoms with Crippen molar-refractivity contribution in [2.24, 2.45) is 0 Å². The van der Waals surface area contributed by atoms with E-state index in [9.17, 15) is 14.4 Å². The Bertz CT molecular complexity index is 1100. The fourth-order valence-corrected chi connectivity index (χ4v) is 3.54. The van der Waals surface area contributed by atoms with Gasteiger partial charge >= 0.3 is 0 Å². The van der Waals surface area contributed by atoms with Gasteiger partial charge in [0.05, 0.1) is 26.0 Å². The average molecular weight is 454 g/mol. The van der Waals surface area contributed by atoms with Crippen LogP contribution >= 0.6 is 11.3 Å². The quantitative estimate of drug-likeness (QED) is 0.453. The van der Waals surface area contributed by atoms with E-state index in [1.54, 1.807) is 7.11 Å². The number of amides is 2. The molecule has 0 radical (unpaired) electrons. The number of benzene rings is 2. The average Bonchev–Trinajstić information content (AvgIpc) is 3.29. The molecule has 166 valence electrons. The minimum absolute atomic E-state index is 0.0636. The number of aromatic nitrogens is 1. The van der Waals surface area contributed by atoms with Gasteiger partial charge in [0, 0.05) is 22.1 Å². The Hall–Kier alpha value is -3.72. The van der Waals surface area contributed by atoms with Crippen molar-refractivity contribution >= 4 is 34.6 Å². The van der Waals surface area contributed by atoms with Gasteiger partial charge in [-0.3, -0.25) is 14.9 Å². The molecule has 0 saturated heterocycles. The van der Waals surface area contributed by atoms with Crippen molar-refractivity contribution in [2.75, 3.05) is 25.6 Å².